The molecule has 1 saturated carbocycles. The van der Waals surface area contributed by atoms with Crippen molar-refractivity contribution in [3.8, 4) is 0 Å². The van der Waals surface area contributed by atoms with Gasteiger partial charge in [-0.05, 0) is 37.3 Å². The summed E-state index contributed by atoms with van der Waals surface area (Å²) in [5.74, 6) is 0.271. The number of nitrogens with one attached hydrogen (secondary N) is 1. The molecule has 0 heterocycles. The molecular formula is C13H18N2O2. The zero-order chi connectivity index (χ0) is 12.4. The highest BCUT2D eigenvalue weighted by Crippen LogP contribution is 2.26. The summed E-state index contributed by atoms with van der Waals surface area (Å²) in [7, 11) is 0. The molecule has 2 rings (SSSR count). The van der Waals surface area contributed by atoms with E-state index in [0.717, 1.165) is 18.4 Å². The van der Waals surface area contributed by atoms with Gasteiger partial charge in [-0.2, -0.15) is 0 Å². The number of benzene rings is 1. The fourth-order valence-electron chi connectivity index (χ4n) is 2.08. The quantitative estimate of drug-likeness (QED) is 0.685. The molecule has 17 heavy (non-hydrogen) atoms. The van der Waals surface area contributed by atoms with Gasteiger partial charge in [-0.1, -0.05) is 12.1 Å². The molecule has 4 heteroatoms. The SMILES string of the molecule is Cc1cccc(C(=O)NCC2CC(O)C2)c1N. The fourth-order valence-corrected chi connectivity index (χ4v) is 2.08. The molecule has 0 spiro atoms. The van der Waals surface area contributed by atoms with E-state index in [4.69, 9.17) is 10.8 Å². The van der Waals surface area contributed by atoms with Gasteiger partial charge in [0.15, 0.2) is 0 Å². The zero-order valence-corrected chi connectivity index (χ0v) is 9.94. The molecule has 1 fully saturated rings. The maximum atomic E-state index is 11.9. The normalized spacial score (nSPS) is 22.9. The smallest absolute Gasteiger partial charge is 0.253 e. The number of aliphatic hydroxyl groups excluding tert-OH is 1. The van der Waals surface area contributed by atoms with Crippen LogP contribution < -0.4 is 11.1 Å². The summed E-state index contributed by atoms with van der Waals surface area (Å²) in [6.07, 6.45) is 1.38. The molecule has 4 nitrogen and oxygen atoms in total. The molecular weight excluding hydrogens is 216 g/mol. The van der Waals surface area contributed by atoms with Crippen molar-refractivity contribution in [2.75, 3.05) is 12.3 Å². The Labute approximate surface area is 101 Å². The number of para-hydroxylation sites is 1. The van der Waals surface area contributed by atoms with Crippen LogP contribution in [0.25, 0.3) is 0 Å². The molecule has 4 N–H and O–H groups in total. The molecule has 0 bridgehead atoms. The van der Waals surface area contributed by atoms with E-state index in [1.165, 1.54) is 0 Å². The summed E-state index contributed by atoms with van der Waals surface area (Å²) in [6, 6.07) is 5.44. The summed E-state index contributed by atoms with van der Waals surface area (Å²) in [5, 5.41) is 12.0. The molecule has 1 aromatic rings. The highest BCUT2D eigenvalue weighted by Gasteiger charge is 2.27. The third-order valence-electron chi connectivity index (χ3n) is 3.33. The molecule has 0 aromatic heterocycles. The first-order valence-electron chi connectivity index (χ1n) is 5.89. The monoisotopic (exact) mass is 234 g/mol. The van der Waals surface area contributed by atoms with Gasteiger partial charge in [0, 0.05) is 12.2 Å². The number of nitrogen functional groups attached to an aromatic ring is 1. The number of amides is 1. The van der Waals surface area contributed by atoms with Crippen molar-refractivity contribution in [3.63, 3.8) is 0 Å². The molecule has 0 aliphatic heterocycles. The molecule has 1 amide bonds. The van der Waals surface area contributed by atoms with E-state index in [1.807, 2.05) is 19.1 Å². The number of hydrogen-bond acceptors (Lipinski definition) is 3. The van der Waals surface area contributed by atoms with Crippen LogP contribution in [0.1, 0.15) is 28.8 Å². The van der Waals surface area contributed by atoms with Gasteiger partial charge in [-0.15, -0.1) is 0 Å². The van der Waals surface area contributed by atoms with E-state index in [2.05, 4.69) is 5.32 Å². The van der Waals surface area contributed by atoms with E-state index < -0.39 is 0 Å². The lowest BCUT2D eigenvalue weighted by Gasteiger charge is -2.31. The van der Waals surface area contributed by atoms with Gasteiger partial charge >= 0.3 is 0 Å². The van der Waals surface area contributed by atoms with Crippen molar-refractivity contribution in [1.29, 1.82) is 0 Å². The number of anilines is 1. The van der Waals surface area contributed by atoms with Crippen LogP contribution >= 0.6 is 0 Å². The number of hydrogen-bond donors (Lipinski definition) is 3. The third kappa shape index (κ3) is 2.58. The van der Waals surface area contributed by atoms with Crippen LogP contribution in [0.4, 0.5) is 5.69 Å². The Hall–Kier alpha value is -1.55. The molecule has 1 aliphatic rings. The van der Waals surface area contributed by atoms with Crippen LogP contribution in [0, 0.1) is 12.8 Å². The van der Waals surface area contributed by atoms with E-state index in [0.29, 0.717) is 23.7 Å². The Kier molecular flexibility index (Phi) is 3.33. The van der Waals surface area contributed by atoms with Gasteiger partial charge < -0.3 is 16.2 Å². The Morgan fingerprint density at radius 2 is 2.24 bits per heavy atom. The fraction of sp³-hybridized carbons (Fsp3) is 0.462. The van der Waals surface area contributed by atoms with E-state index >= 15 is 0 Å². The van der Waals surface area contributed by atoms with E-state index in [1.54, 1.807) is 6.07 Å². The lowest BCUT2D eigenvalue weighted by Crippen LogP contribution is -2.38. The van der Waals surface area contributed by atoms with Crippen molar-refractivity contribution in [2.45, 2.75) is 25.9 Å². The highest BCUT2D eigenvalue weighted by atomic mass is 16.3. The van der Waals surface area contributed by atoms with Crippen molar-refractivity contribution in [2.24, 2.45) is 5.92 Å². The van der Waals surface area contributed by atoms with Gasteiger partial charge in [0.1, 0.15) is 0 Å². The molecule has 0 unspecified atom stereocenters. The van der Waals surface area contributed by atoms with Crippen LogP contribution in [-0.4, -0.2) is 23.7 Å². The number of nitrogens with two attached hydrogens (primary N) is 1. The van der Waals surface area contributed by atoms with Gasteiger partial charge in [-0.3, -0.25) is 4.79 Å². The molecule has 0 saturated heterocycles. The number of carbonyl (C=O) groups excluding carboxylic acids is 1. The summed E-state index contributed by atoms with van der Waals surface area (Å²) in [5.41, 5.74) is 7.84. The predicted octanol–water partition coefficient (Wildman–Crippen LogP) is 1.08. The average Bonchev–Trinajstić information content (AvgIpc) is 2.26. The Morgan fingerprint density at radius 3 is 2.88 bits per heavy atom. The molecule has 0 atom stereocenters. The number of carbonyl (C=O) groups is 1. The second-order valence-electron chi connectivity index (χ2n) is 4.74. The van der Waals surface area contributed by atoms with Crippen LogP contribution in [-0.2, 0) is 0 Å². The summed E-state index contributed by atoms with van der Waals surface area (Å²) in [6.45, 7) is 2.50. The van der Waals surface area contributed by atoms with Gasteiger partial charge in [0.25, 0.3) is 5.91 Å². The molecule has 92 valence electrons. The lowest BCUT2D eigenvalue weighted by atomic mass is 9.82. The molecule has 0 radical (unpaired) electrons. The number of aryl methyl sites for hydroxylation is 1. The molecule has 1 aromatic carbocycles. The van der Waals surface area contributed by atoms with Crippen molar-refractivity contribution >= 4 is 11.6 Å². The van der Waals surface area contributed by atoms with Crippen molar-refractivity contribution in [1.82, 2.24) is 5.32 Å². The summed E-state index contributed by atoms with van der Waals surface area (Å²) >= 11 is 0. The largest absolute Gasteiger partial charge is 0.398 e. The second-order valence-corrected chi connectivity index (χ2v) is 4.74. The molecule has 1 aliphatic carbocycles. The standard InChI is InChI=1S/C13H18N2O2/c1-8-3-2-4-11(12(8)14)13(17)15-7-9-5-10(16)6-9/h2-4,9-10,16H,5-7,14H2,1H3,(H,15,17). The Morgan fingerprint density at radius 1 is 1.53 bits per heavy atom. The highest BCUT2D eigenvalue weighted by molar-refractivity contribution is 5.99. The zero-order valence-electron chi connectivity index (χ0n) is 9.94. The average molecular weight is 234 g/mol. The van der Waals surface area contributed by atoms with Crippen LogP contribution in [0.3, 0.4) is 0 Å². The van der Waals surface area contributed by atoms with Crippen LogP contribution in [0.15, 0.2) is 18.2 Å². The van der Waals surface area contributed by atoms with Gasteiger partial charge in [0.05, 0.1) is 11.7 Å². The van der Waals surface area contributed by atoms with Crippen LogP contribution in [0.2, 0.25) is 0 Å². The van der Waals surface area contributed by atoms with Crippen molar-refractivity contribution in [3.05, 3.63) is 29.3 Å². The first-order chi connectivity index (χ1) is 8.08. The third-order valence-corrected chi connectivity index (χ3v) is 3.33. The minimum atomic E-state index is -0.180. The summed E-state index contributed by atoms with van der Waals surface area (Å²) < 4.78 is 0. The summed E-state index contributed by atoms with van der Waals surface area (Å²) in [4.78, 5) is 11.9. The van der Waals surface area contributed by atoms with Crippen LogP contribution in [0.5, 0.6) is 0 Å². The van der Waals surface area contributed by atoms with Gasteiger partial charge in [0.2, 0.25) is 0 Å². The first-order valence-corrected chi connectivity index (χ1v) is 5.89. The number of rotatable bonds is 3. The Bertz CT molecular complexity index is 425. The van der Waals surface area contributed by atoms with E-state index in [-0.39, 0.29) is 12.0 Å². The first kappa shape index (κ1) is 11.9. The minimum absolute atomic E-state index is 0.132. The van der Waals surface area contributed by atoms with E-state index in [9.17, 15) is 4.79 Å². The van der Waals surface area contributed by atoms with Gasteiger partial charge in [-0.25, -0.2) is 0 Å². The minimum Gasteiger partial charge on any atom is -0.398 e. The number of aliphatic hydroxyl groups is 1. The Balaban J connectivity index is 1.93. The maximum Gasteiger partial charge on any atom is 0.253 e. The lowest BCUT2D eigenvalue weighted by molar-refractivity contribution is 0.0420. The second kappa shape index (κ2) is 4.75. The maximum absolute atomic E-state index is 11.9. The topological polar surface area (TPSA) is 75.3 Å². The van der Waals surface area contributed by atoms with Crippen molar-refractivity contribution < 1.29 is 9.90 Å². The predicted molar refractivity (Wildman–Crippen MR) is 66.7 cm³/mol.